The van der Waals surface area contributed by atoms with Gasteiger partial charge in [0.05, 0.1) is 17.8 Å². The topological polar surface area (TPSA) is 101 Å². The first-order valence-electron chi connectivity index (χ1n) is 8.98. The Labute approximate surface area is 162 Å². The molecule has 1 aliphatic heterocycles. The lowest BCUT2D eigenvalue weighted by atomic mass is 10.0. The summed E-state index contributed by atoms with van der Waals surface area (Å²) >= 11 is 5.85. The van der Waals surface area contributed by atoms with Gasteiger partial charge in [0.15, 0.2) is 11.5 Å². The normalized spacial score (nSPS) is 17.6. The molecule has 2 aromatic heterocycles. The van der Waals surface area contributed by atoms with Crippen LogP contribution in [0.15, 0.2) is 29.0 Å². The lowest BCUT2D eigenvalue weighted by Crippen LogP contribution is -2.45. The summed E-state index contributed by atoms with van der Waals surface area (Å²) < 4.78 is 10.6. The molecular weight excluding hydrogens is 372 g/mol. The number of nitrogens with one attached hydrogen (secondary N) is 1. The molecule has 1 atom stereocenters. The zero-order valence-corrected chi connectivity index (χ0v) is 15.7. The van der Waals surface area contributed by atoms with Crippen LogP contribution in [0.5, 0.6) is 5.75 Å². The van der Waals surface area contributed by atoms with Crippen molar-refractivity contribution in [2.45, 2.75) is 31.9 Å². The van der Waals surface area contributed by atoms with Crippen LogP contribution in [0.2, 0.25) is 5.02 Å². The van der Waals surface area contributed by atoms with E-state index in [4.69, 9.17) is 20.9 Å². The second-order valence-electron chi connectivity index (χ2n) is 6.43. The fourth-order valence-electron chi connectivity index (χ4n) is 3.08. The van der Waals surface area contributed by atoms with E-state index >= 15 is 0 Å². The minimum absolute atomic E-state index is 0.119. The number of nitrogens with zero attached hydrogens (tertiary/aromatic N) is 3. The number of rotatable bonds is 8. The zero-order valence-electron chi connectivity index (χ0n) is 14.9. The summed E-state index contributed by atoms with van der Waals surface area (Å²) in [5.74, 6) is 0.633. The number of aliphatic hydroxyl groups is 1. The van der Waals surface area contributed by atoms with Gasteiger partial charge in [0.2, 0.25) is 0 Å². The highest BCUT2D eigenvalue weighted by Crippen LogP contribution is 2.17. The number of aromatic nitrogens is 2. The second kappa shape index (κ2) is 9.68. The smallest absolute Gasteiger partial charge is 0.273 e. The van der Waals surface area contributed by atoms with Crippen molar-refractivity contribution in [1.29, 1.82) is 0 Å². The third-order valence-electron chi connectivity index (χ3n) is 4.50. The SMILES string of the molecule is O=C(NCCN1CCCC[C@@H]1CO)c1cc(COc2cncc(Cl)c2)on1. The number of halogens is 1. The standard InChI is InChI=1S/C18H23ClN4O4/c19-13-7-15(10-20-9-13)26-12-16-8-17(22-27-16)18(25)21-4-6-23-5-2-1-3-14(23)11-24/h7-10,14,24H,1-6,11-12H2,(H,21,25)/t14-/m1/s1. The van der Waals surface area contributed by atoms with Gasteiger partial charge in [0.1, 0.15) is 12.4 Å². The minimum atomic E-state index is -0.299. The van der Waals surface area contributed by atoms with Crippen molar-refractivity contribution in [1.82, 2.24) is 20.4 Å². The molecule has 0 aromatic carbocycles. The molecule has 0 aliphatic carbocycles. The van der Waals surface area contributed by atoms with Crippen molar-refractivity contribution < 1.29 is 19.2 Å². The molecule has 2 N–H and O–H groups in total. The average molecular weight is 395 g/mol. The van der Waals surface area contributed by atoms with E-state index in [9.17, 15) is 9.90 Å². The van der Waals surface area contributed by atoms with E-state index in [2.05, 4.69) is 20.4 Å². The predicted octanol–water partition coefficient (Wildman–Crippen LogP) is 1.88. The number of pyridine rings is 1. The molecular formula is C18H23ClN4O4. The molecule has 1 saturated heterocycles. The van der Waals surface area contributed by atoms with E-state index in [0.717, 1.165) is 25.8 Å². The summed E-state index contributed by atoms with van der Waals surface area (Å²) in [5, 5.41) is 16.5. The Bertz CT molecular complexity index is 754. The van der Waals surface area contributed by atoms with Crippen molar-refractivity contribution in [3.63, 3.8) is 0 Å². The summed E-state index contributed by atoms with van der Waals surface area (Å²) in [5.41, 5.74) is 0.204. The quantitative estimate of drug-likeness (QED) is 0.704. The van der Waals surface area contributed by atoms with Crippen molar-refractivity contribution in [3.05, 3.63) is 41.0 Å². The Morgan fingerprint density at radius 3 is 3.11 bits per heavy atom. The minimum Gasteiger partial charge on any atom is -0.484 e. The molecule has 27 heavy (non-hydrogen) atoms. The number of amides is 1. The summed E-state index contributed by atoms with van der Waals surface area (Å²) in [7, 11) is 0. The average Bonchev–Trinajstić information content (AvgIpc) is 3.16. The van der Waals surface area contributed by atoms with Crippen LogP contribution in [0.4, 0.5) is 0 Å². The Morgan fingerprint density at radius 2 is 2.30 bits per heavy atom. The molecule has 0 bridgehead atoms. The molecule has 146 valence electrons. The maximum absolute atomic E-state index is 12.2. The zero-order chi connectivity index (χ0) is 19.1. The van der Waals surface area contributed by atoms with Crippen LogP contribution < -0.4 is 10.1 Å². The molecule has 1 amide bonds. The van der Waals surface area contributed by atoms with Crippen LogP contribution in [0.3, 0.4) is 0 Å². The number of aliphatic hydroxyl groups excluding tert-OH is 1. The summed E-state index contributed by atoms with van der Waals surface area (Å²) in [6, 6.07) is 3.37. The largest absolute Gasteiger partial charge is 0.484 e. The van der Waals surface area contributed by atoms with Gasteiger partial charge in [0.25, 0.3) is 5.91 Å². The maximum Gasteiger partial charge on any atom is 0.273 e. The van der Waals surface area contributed by atoms with Crippen LogP contribution in [0, 0.1) is 0 Å². The van der Waals surface area contributed by atoms with Gasteiger partial charge < -0.3 is 19.7 Å². The number of piperidine rings is 1. The molecule has 1 aliphatic rings. The molecule has 0 unspecified atom stereocenters. The fourth-order valence-corrected chi connectivity index (χ4v) is 3.24. The van der Waals surface area contributed by atoms with Crippen LogP contribution in [-0.2, 0) is 6.61 Å². The van der Waals surface area contributed by atoms with E-state index in [0.29, 0.717) is 29.6 Å². The van der Waals surface area contributed by atoms with E-state index in [1.807, 2.05) is 0 Å². The van der Waals surface area contributed by atoms with E-state index < -0.39 is 0 Å². The number of likely N-dealkylation sites (tertiary alicyclic amines) is 1. The van der Waals surface area contributed by atoms with E-state index in [-0.39, 0.29) is 30.9 Å². The van der Waals surface area contributed by atoms with Crippen molar-refractivity contribution in [3.8, 4) is 5.75 Å². The molecule has 9 heteroatoms. The van der Waals surface area contributed by atoms with Crippen LogP contribution in [0.25, 0.3) is 0 Å². The van der Waals surface area contributed by atoms with E-state index in [1.54, 1.807) is 12.1 Å². The van der Waals surface area contributed by atoms with Gasteiger partial charge in [0, 0.05) is 37.5 Å². The van der Waals surface area contributed by atoms with Gasteiger partial charge in [-0.15, -0.1) is 0 Å². The Morgan fingerprint density at radius 1 is 1.41 bits per heavy atom. The molecule has 1 fully saturated rings. The van der Waals surface area contributed by atoms with Crippen LogP contribution in [0.1, 0.15) is 35.5 Å². The van der Waals surface area contributed by atoms with Crippen molar-refractivity contribution >= 4 is 17.5 Å². The van der Waals surface area contributed by atoms with Crippen LogP contribution >= 0.6 is 11.6 Å². The van der Waals surface area contributed by atoms with Crippen LogP contribution in [-0.4, -0.2) is 58.3 Å². The number of hydrogen-bond donors (Lipinski definition) is 2. The molecule has 0 radical (unpaired) electrons. The molecule has 0 saturated carbocycles. The number of ether oxygens (including phenoxy) is 1. The highest BCUT2D eigenvalue weighted by Gasteiger charge is 2.21. The van der Waals surface area contributed by atoms with Gasteiger partial charge in [-0.05, 0) is 19.4 Å². The lowest BCUT2D eigenvalue weighted by molar-refractivity contribution is 0.0845. The van der Waals surface area contributed by atoms with Crippen molar-refractivity contribution in [2.24, 2.45) is 0 Å². The summed E-state index contributed by atoms with van der Waals surface area (Å²) in [4.78, 5) is 18.3. The fraction of sp³-hybridized carbons (Fsp3) is 0.500. The molecule has 8 nitrogen and oxygen atoms in total. The summed E-state index contributed by atoms with van der Waals surface area (Å²) in [6.45, 7) is 2.41. The predicted molar refractivity (Wildman–Crippen MR) is 98.7 cm³/mol. The molecule has 3 heterocycles. The third kappa shape index (κ3) is 5.66. The summed E-state index contributed by atoms with van der Waals surface area (Å²) in [6.07, 6.45) is 6.32. The first-order valence-corrected chi connectivity index (χ1v) is 9.35. The Hall–Kier alpha value is -2.16. The van der Waals surface area contributed by atoms with Gasteiger partial charge in [-0.2, -0.15) is 0 Å². The first kappa shape index (κ1) is 19.6. The van der Waals surface area contributed by atoms with Crippen molar-refractivity contribution in [2.75, 3.05) is 26.2 Å². The second-order valence-corrected chi connectivity index (χ2v) is 6.87. The van der Waals surface area contributed by atoms with E-state index in [1.165, 1.54) is 12.4 Å². The third-order valence-corrected chi connectivity index (χ3v) is 4.70. The van der Waals surface area contributed by atoms with Gasteiger partial charge in [-0.3, -0.25) is 14.7 Å². The number of carbonyl (C=O) groups is 1. The Balaban J connectivity index is 1.44. The molecule has 3 rings (SSSR count). The lowest BCUT2D eigenvalue weighted by Gasteiger charge is -2.34. The number of carbonyl (C=O) groups excluding carboxylic acids is 1. The monoisotopic (exact) mass is 394 g/mol. The van der Waals surface area contributed by atoms with Gasteiger partial charge in [-0.1, -0.05) is 23.2 Å². The maximum atomic E-state index is 12.2. The highest BCUT2D eigenvalue weighted by atomic mass is 35.5. The molecule has 2 aromatic rings. The first-order chi connectivity index (χ1) is 13.2. The highest BCUT2D eigenvalue weighted by molar-refractivity contribution is 6.30. The van der Waals surface area contributed by atoms with Gasteiger partial charge in [-0.25, -0.2) is 0 Å². The van der Waals surface area contributed by atoms with Gasteiger partial charge >= 0.3 is 0 Å². The number of hydrogen-bond acceptors (Lipinski definition) is 7. The Kier molecular flexibility index (Phi) is 7.03. The molecule has 0 spiro atoms.